The molecule has 0 aliphatic heterocycles. The predicted molar refractivity (Wildman–Crippen MR) is 66.9 cm³/mol. The first-order chi connectivity index (χ1) is 7.79. The van der Waals surface area contributed by atoms with Gasteiger partial charge in [-0.2, -0.15) is 0 Å². The van der Waals surface area contributed by atoms with E-state index in [1.807, 2.05) is 0 Å². The number of fused-ring (bicyclic) bond motifs is 1. The van der Waals surface area contributed by atoms with Gasteiger partial charge in [0.15, 0.2) is 0 Å². The van der Waals surface area contributed by atoms with Crippen molar-refractivity contribution < 1.29 is 0 Å². The van der Waals surface area contributed by atoms with Crippen LogP contribution in [0.3, 0.4) is 0 Å². The van der Waals surface area contributed by atoms with Crippen LogP contribution >= 0.6 is 11.6 Å². The average Bonchev–Trinajstić information content (AvgIpc) is 2.54. The minimum absolute atomic E-state index is 0.569. The summed E-state index contributed by atoms with van der Waals surface area (Å²) in [5.74, 6) is 2.49. The minimum atomic E-state index is 0.569. The molecule has 3 rings (SSSR count). The van der Waals surface area contributed by atoms with Gasteiger partial charge < -0.3 is 4.57 Å². The summed E-state index contributed by atoms with van der Waals surface area (Å²) in [7, 11) is 2.11. The molecule has 1 aromatic heterocycles. The number of aryl methyl sites for hydroxylation is 1. The van der Waals surface area contributed by atoms with Gasteiger partial charge in [-0.15, -0.1) is 11.6 Å². The quantitative estimate of drug-likeness (QED) is 0.727. The van der Waals surface area contributed by atoms with Crippen molar-refractivity contribution in [2.45, 2.75) is 31.1 Å². The Balaban J connectivity index is 2.14. The Kier molecular flexibility index (Phi) is 2.40. The molecule has 0 saturated heterocycles. The number of nitrogens with zero attached hydrogens (tertiary/aromatic N) is 2. The topological polar surface area (TPSA) is 17.8 Å². The van der Waals surface area contributed by atoms with Gasteiger partial charge in [0.2, 0.25) is 0 Å². The maximum Gasteiger partial charge on any atom is 0.112 e. The van der Waals surface area contributed by atoms with Crippen molar-refractivity contribution in [1.29, 1.82) is 0 Å². The summed E-state index contributed by atoms with van der Waals surface area (Å²) in [4.78, 5) is 4.73. The largest absolute Gasteiger partial charge is 0.331 e. The summed E-state index contributed by atoms with van der Waals surface area (Å²) in [6.45, 7) is 0. The van der Waals surface area contributed by atoms with Crippen LogP contribution in [0, 0.1) is 0 Å². The van der Waals surface area contributed by atoms with Gasteiger partial charge in [0.1, 0.15) is 5.82 Å². The molecule has 1 aromatic carbocycles. The number of alkyl halides is 1. The summed E-state index contributed by atoms with van der Waals surface area (Å²) in [6.07, 6.45) is 3.93. The second-order valence-electron chi connectivity index (χ2n) is 4.61. The highest BCUT2D eigenvalue weighted by molar-refractivity contribution is 6.17. The summed E-state index contributed by atoms with van der Waals surface area (Å²) in [5, 5.41) is 0. The van der Waals surface area contributed by atoms with Crippen LogP contribution in [0.2, 0.25) is 0 Å². The molecule has 0 bridgehead atoms. The molecule has 0 atom stereocenters. The van der Waals surface area contributed by atoms with Gasteiger partial charge in [0, 0.05) is 18.8 Å². The lowest BCUT2D eigenvalue weighted by molar-refractivity contribution is 0.395. The fourth-order valence-electron chi connectivity index (χ4n) is 2.37. The zero-order chi connectivity index (χ0) is 11.1. The summed E-state index contributed by atoms with van der Waals surface area (Å²) >= 11 is 5.86. The van der Waals surface area contributed by atoms with Gasteiger partial charge in [0.25, 0.3) is 0 Å². The van der Waals surface area contributed by atoms with E-state index in [1.54, 1.807) is 0 Å². The maximum atomic E-state index is 5.86. The van der Waals surface area contributed by atoms with Crippen LogP contribution in [-0.4, -0.2) is 9.55 Å². The Hall–Kier alpha value is -1.02. The number of aromatic nitrogens is 2. The first-order valence-electron chi connectivity index (χ1n) is 5.81. The molecule has 0 radical (unpaired) electrons. The molecule has 2 aromatic rings. The lowest BCUT2D eigenvalue weighted by Gasteiger charge is -2.24. The van der Waals surface area contributed by atoms with Crippen LogP contribution in [0.4, 0.5) is 0 Å². The van der Waals surface area contributed by atoms with Crippen molar-refractivity contribution in [2.24, 2.45) is 7.05 Å². The third-order valence-electron chi connectivity index (χ3n) is 3.60. The van der Waals surface area contributed by atoms with Gasteiger partial charge >= 0.3 is 0 Å². The Bertz CT molecular complexity index is 526. The lowest BCUT2D eigenvalue weighted by Crippen LogP contribution is -2.13. The van der Waals surface area contributed by atoms with E-state index in [1.165, 1.54) is 30.6 Å². The molecule has 1 heterocycles. The number of halogens is 1. The molecule has 3 heteroatoms. The number of rotatable bonds is 2. The zero-order valence-corrected chi connectivity index (χ0v) is 10.2. The van der Waals surface area contributed by atoms with E-state index in [4.69, 9.17) is 16.6 Å². The van der Waals surface area contributed by atoms with Crippen molar-refractivity contribution in [3.8, 4) is 0 Å². The molecule has 0 N–H and O–H groups in total. The van der Waals surface area contributed by atoms with Crippen molar-refractivity contribution in [3.05, 3.63) is 29.6 Å². The number of hydrogen-bond acceptors (Lipinski definition) is 1. The number of hydrogen-bond donors (Lipinski definition) is 0. The standard InChI is InChI=1S/C13H15ClN2/c1-16-12-7-9(8-14)5-6-11(12)15-13(16)10-3-2-4-10/h5-7,10H,2-4,8H2,1H3. The normalized spacial score (nSPS) is 16.6. The second kappa shape index (κ2) is 3.77. The Morgan fingerprint density at radius 3 is 2.88 bits per heavy atom. The van der Waals surface area contributed by atoms with E-state index in [-0.39, 0.29) is 0 Å². The molecule has 1 aliphatic carbocycles. The summed E-state index contributed by atoms with van der Waals surface area (Å²) in [5.41, 5.74) is 3.47. The molecular formula is C13H15ClN2. The third kappa shape index (κ3) is 1.44. The highest BCUT2D eigenvalue weighted by Crippen LogP contribution is 2.36. The van der Waals surface area contributed by atoms with E-state index < -0.39 is 0 Å². The fraction of sp³-hybridized carbons (Fsp3) is 0.462. The molecule has 1 saturated carbocycles. The van der Waals surface area contributed by atoms with Crippen molar-refractivity contribution in [2.75, 3.05) is 0 Å². The van der Waals surface area contributed by atoms with E-state index in [9.17, 15) is 0 Å². The van der Waals surface area contributed by atoms with Gasteiger partial charge in [-0.3, -0.25) is 0 Å². The van der Waals surface area contributed by atoms with Crippen molar-refractivity contribution >= 4 is 22.6 Å². The molecule has 84 valence electrons. The zero-order valence-electron chi connectivity index (χ0n) is 9.41. The van der Waals surface area contributed by atoms with Crippen LogP contribution in [0.25, 0.3) is 11.0 Å². The second-order valence-corrected chi connectivity index (χ2v) is 4.88. The molecule has 0 spiro atoms. The maximum absolute atomic E-state index is 5.86. The molecule has 1 fully saturated rings. The predicted octanol–water partition coefficient (Wildman–Crippen LogP) is 3.58. The smallest absolute Gasteiger partial charge is 0.112 e. The van der Waals surface area contributed by atoms with Crippen LogP contribution < -0.4 is 0 Å². The fourth-order valence-corrected chi connectivity index (χ4v) is 2.53. The average molecular weight is 235 g/mol. The van der Waals surface area contributed by atoms with Gasteiger partial charge in [-0.1, -0.05) is 12.5 Å². The SMILES string of the molecule is Cn1c(C2CCC2)nc2ccc(CCl)cc21. The van der Waals surface area contributed by atoms with Crippen LogP contribution in [0.1, 0.15) is 36.6 Å². The van der Waals surface area contributed by atoms with E-state index >= 15 is 0 Å². The van der Waals surface area contributed by atoms with Crippen LogP contribution in [0.5, 0.6) is 0 Å². The summed E-state index contributed by atoms with van der Waals surface area (Å²) < 4.78 is 2.23. The molecule has 16 heavy (non-hydrogen) atoms. The van der Waals surface area contributed by atoms with Gasteiger partial charge in [-0.25, -0.2) is 4.98 Å². The number of imidazole rings is 1. The third-order valence-corrected chi connectivity index (χ3v) is 3.91. The molecule has 2 nitrogen and oxygen atoms in total. The molecular weight excluding hydrogens is 220 g/mol. The van der Waals surface area contributed by atoms with Crippen LogP contribution in [0.15, 0.2) is 18.2 Å². The molecule has 1 aliphatic rings. The van der Waals surface area contributed by atoms with E-state index in [0.717, 1.165) is 11.1 Å². The molecule has 0 unspecified atom stereocenters. The Labute approximate surface area is 100 Å². The van der Waals surface area contributed by atoms with E-state index in [0.29, 0.717) is 11.8 Å². The Morgan fingerprint density at radius 2 is 2.25 bits per heavy atom. The monoisotopic (exact) mass is 234 g/mol. The first kappa shape index (κ1) is 10.2. The highest BCUT2D eigenvalue weighted by atomic mass is 35.5. The van der Waals surface area contributed by atoms with Gasteiger partial charge in [0.05, 0.1) is 11.0 Å². The van der Waals surface area contributed by atoms with Gasteiger partial charge in [-0.05, 0) is 30.5 Å². The highest BCUT2D eigenvalue weighted by Gasteiger charge is 2.24. The Morgan fingerprint density at radius 1 is 1.44 bits per heavy atom. The van der Waals surface area contributed by atoms with Crippen molar-refractivity contribution in [3.63, 3.8) is 0 Å². The van der Waals surface area contributed by atoms with E-state index in [2.05, 4.69) is 29.8 Å². The first-order valence-corrected chi connectivity index (χ1v) is 6.34. The van der Waals surface area contributed by atoms with Crippen LogP contribution in [-0.2, 0) is 12.9 Å². The van der Waals surface area contributed by atoms with Crippen molar-refractivity contribution in [1.82, 2.24) is 9.55 Å². The summed E-state index contributed by atoms with van der Waals surface area (Å²) in [6, 6.07) is 6.29. The number of benzene rings is 1. The molecule has 0 amide bonds. The minimum Gasteiger partial charge on any atom is -0.331 e. The lowest BCUT2D eigenvalue weighted by atomic mass is 9.85.